The van der Waals surface area contributed by atoms with Gasteiger partial charge in [0.05, 0.1) is 6.04 Å². The average molecular weight is 336 g/mol. The number of hydrogen-bond acceptors (Lipinski definition) is 5. The molecule has 1 aliphatic rings. The second kappa shape index (κ2) is 6.91. The molecule has 25 heavy (non-hydrogen) atoms. The number of hydrogen-bond donors (Lipinski definition) is 3. The van der Waals surface area contributed by atoms with Gasteiger partial charge in [0.1, 0.15) is 11.4 Å². The minimum atomic E-state index is -0.328. The Labute approximate surface area is 146 Å². The second-order valence-electron chi connectivity index (χ2n) is 6.18. The lowest BCUT2D eigenvalue weighted by Gasteiger charge is -2.13. The zero-order valence-electron chi connectivity index (χ0n) is 14.2. The van der Waals surface area contributed by atoms with Gasteiger partial charge in [0.2, 0.25) is 5.91 Å². The lowest BCUT2D eigenvalue weighted by Crippen LogP contribution is -2.35. The van der Waals surface area contributed by atoms with Crippen LogP contribution in [0.15, 0.2) is 24.3 Å². The fourth-order valence-electron chi connectivity index (χ4n) is 2.57. The number of rotatable bonds is 5. The zero-order chi connectivity index (χ0) is 18.0. The summed E-state index contributed by atoms with van der Waals surface area (Å²) in [5.74, 6) is 3.18. The van der Waals surface area contributed by atoms with Crippen LogP contribution in [0.25, 0.3) is 11.3 Å². The summed E-state index contributed by atoms with van der Waals surface area (Å²) in [6, 6.07) is 6.57. The van der Waals surface area contributed by atoms with Gasteiger partial charge in [-0.3, -0.25) is 4.79 Å². The van der Waals surface area contributed by atoms with Gasteiger partial charge in [0.25, 0.3) is 0 Å². The number of terminal acetylenes is 1. The van der Waals surface area contributed by atoms with E-state index >= 15 is 0 Å². The van der Waals surface area contributed by atoms with Crippen LogP contribution in [0.3, 0.4) is 0 Å². The molecule has 1 aromatic carbocycles. The first-order chi connectivity index (χ1) is 12.0. The molecule has 2 aromatic rings. The number of amides is 1. The van der Waals surface area contributed by atoms with Crippen LogP contribution in [0.4, 0.5) is 5.82 Å². The summed E-state index contributed by atoms with van der Waals surface area (Å²) in [5.41, 5.74) is 2.80. The van der Waals surface area contributed by atoms with E-state index < -0.39 is 0 Å². The van der Waals surface area contributed by atoms with Gasteiger partial charge in [0, 0.05) is 11.1 Å². The Morgan fingerprint density at radius 2 is 2.12 bits per heavy atom. The molecule has 1 amide bonds. The lowest BCUT2D eigenvalue weighted by atomic mass is 10.0. The predicted octanol–water partition coefficient (Wildman–Crippen LogP) is 2.25. The van der Waals surface area contributed by atoms with Crippen LogP contribution in [0, 0.1) is 12.3 Å². The Balaban J connectivity index is 1.96. The predicted molar refractivity (Wildman–Crippen MR) is 96.2 cm³/mol. The third kappa shape index (κ3) is 3.62. The number of phenols is 1. The summed E-state index contributed by atoms with van der Waals surface area (Å²) in [6.45, 7) is 1.77. The molecule has 6 nitrogen and oxygen atoms in total. The first-order valence-corrected chi connectivity index (χ1v) is 8.19. The maximum absolute atomic E-state index is 12.0. The highest BCUT2D eigenvalue weighted by molar-refractivity contribution is 5.93. The summed E-state index contributed by atoms with van der Waals surface area (Å²) in [4.78, 5) is 12.0. The number of carbonyl (C=O) groups is 1. The van der Waals surface area contributed by atoms with E-state index in [4.69, 9.17) is 6.42 Å². The molecule has 1 fully saturated rings. The Morgan fingerprint density at radius 1 is 1.36 bits per heavy atom. The Bertz CT molecular complexity index is 853. The van der Waals surface area contributed by atoms with Crippen LogP contribution >= 0.6 is 0 Å². The number of nitrogens with zero attached hydrogens (tertiary/aromatic N) is 2. The largest absolute Gasteiger partial charge is 0.507 e. The molecule has 0 spiro atoms. The van der Waals surface area contributed by atoms with Gasteiger partial charge in [-0.05, 0) is 62.6 Å². The average Bonchev–Trinajstić information content (AvgIpc) is 3.46. The summed E-state index contributed by atoms with van der Waals surface area (Å²) < 4.78 is 0. The maximum atomic E-state index is 12.0. The molecule has 128 valence electrons. The van der Waals surface area contributed by atoms with E-state index in [1.54, 1.807) is 26.1 Å². The van der Waals surface area contributed by atoms with E-state index in [0.29, 0.717) is 28.6 Å². The Hall–Kier alpha value is -2.91. The van der Waals surface area contributed by atoms with Crippen molar-refractivity contribution >= 4 is 11.7 Å². The van der Waals surface area contributed by atoms with E-state index in [9.17, 15) is 9.90 Å². The van der Waals surface area contributed by atoms with E-state index in [1.807, 2.05) is 6.07 Å². The number of aromatic nitrogens is 2. The summed E-state index contributed by atoms with van der Waals surface area (Å²) in [6.07, 6.45) is 7.48. The van der Waals surface area contributed by atoms with Crippen LogP contribution in [-0.4, -0.2) is 34.3 Å². The van der Waals surface area contributed by atoms with Crippen molar-refractivity contribution in [2.24, 2.45) is 0 Å². The molecule has 0 radical (unpaired) electrons. The molecule has 1 saturated carbocycles. The molecule has 3 N–H and O–H groups in total. The molecule has 6 heteroatoms. The first-order valence-electron chi connectivity index (χ1n) is 8.19. The van der Waals surface area contributed by atoms with Crippen LogP contribution < -0.4 is 10.6 Å². The molecule has 3 rings (SSSR count). The molecule has 0 bridgehead atoms. The monoisotopic (exact) mass is 336 g/mol. The van der Waals surface area contributed by atoms with Crippen molar-refractivity contribution in [1.82, 2.24) is 15.5 Å². The second-order valence-corrected chi connectivity index (χ2v) is 6.18. The number of carbonyl (C=O) groups excluding carboxylic acids is 1. The highest BCUT2D eigenvalue weighted by Gasteiger charge is 2.29. The number of nitrogens with one attached hydrogen (secondary N) is 2. The summed E-state index contributed by atoms with van der Waals surface area (Å²) >= 11 is 0. The molecule has 1 unspecified atom stereocenters. The van der Waals surface area contributed by atoms with Gasteiger partial charge in [-0.15, -0.1) is 16.6 Å². The van der Waals surface area contributed by atoms with Crippen LogP contribution in [0.2, 0.25) is 0 Å². The number of likely N-dealkylation sites (N-methyl/N-ethyl adjacent to an activating group) is 1. The molecule has 1 aromatic heterocycles. The van der Waals surface area contributed by atoms with Gasteiger partial charge in [0.15, 0.2) is 5.82 Å². The van der Waals surface area contributed by atoms with Crippen LogP contribution in [0.5, 0.6) is 5.75 Å². The molecular weight excluding hydrogens is 316 g/mol. The minimum absolute atomic E-state index is 0.0761. The van der Waals surface area contributed by atoms with Gasteiger partial charge in [-0.2, -0.15) is 0 Å². The van der Waals surface area contributed by atoms with Crippen LogP contribution in [-0.2, 0) is 4.79 Å². The SMILES string of the molecule is C#Cc1ccc(-c2nnc(NC(=O)C(C)NC)cc2C2CC2)c(O)c1. The highest BCUT2D eigenvalue weighted by Crippen LogP contribution is 2.45. The fourth-order valence-corrected chi connectivity index (χ4v) is 2.57. The molecule has 0 saturated heterocycles. The summed E-state index contributed by atoms with van der Waals surface area (Å²) in [5, 5.41) is 24.3. The molecule has 1 heterocycles. The number of benzene rings is 1. The maximum Gasteiger partial charge on any atom is 0.242 e. The van der Waals surface area contributed by atoms with E-state index in [-0.39, 0.29) is 17.7 Å². The van der Waals surface area contributed by atoms with E-state index in [2.05, 4.69) is 26.8 Å². The van der Waals surface area contributed by atoms with Crippen molar-refractivity contribution in [1.29, 1.82) is 0 Å². The van der Waals surface area contributed by atoms with Gasteiger partial charge >= 0.3 is 0 Å². The van der Waals surface area contributed by atoms with Crippen molar-refractivity contribution in [3.63, 3.8) is 0 Å². The normalized spacial score (nSPS) is 14.6. The molecular formula is C19H20N4O2. The first kappa shape index (κ1) is 16.9. The van der Waals surface area contributed by atoms with Crippen LogP contribution in [0.1, 0.15) is 36.8 Å². The smallest absolute Gasteiger partial charge is 0.242 e. The van der Waals surface area contributed by atoms with Gasteiger partial charge in [-0.25, -0.2) is 0 Å². The molecule has 1 aliphatic carbocycles. The standard InChI is InChI=1S/C19H20N4O2/c1-4-12-5-8-14(16(24)9-12)18-15(13-6-7-13)10-17(22-23-18)21-19(25)11(2)20-3/h1,5,8-11,13,20,24H,6-7H2,2-3H3,(H,21,22,25). The Morgan fingerprint density at radius 3 is 2.72 bits per heavy atom. The zero-order valence-corrected chi connectivity index (χ0v) is 14.2. The van der Waals surface area contributed by atoms with Crippen molar-refractivity contribution in [2.45, 2.75) is 31.7 Å². The Kier molecular flexibility index (Phi) is 4.68. The molecule has 0 aliphatic heterocycles. The van der Waals surface area contributed by atoms with Crippen molar-refractivity contribution in [3.8, 4) is 29.4 Å². The molecule has 1 atom stereocenters. The minimum Gasteiger partial charge on any atom is -0.507 e. The quantitative estimate of drug-likeness (QED) is 0.729. The number of aromatic hydroxyl groups is 1. The van der Waals surface area contributed by atoms with Crippen molar-refractivity contribution < 1.29 is 9.90 Å². The van der Waals surface area contributed by atoms with Crippen molar-refractivity contribution in [3.05, 3.63) is 35.4 Å². The fraction of sp³-hybridized carbons (Fsp3) is 0.316. The van der Waals surface area contributed by atoms with Crippen molar-refractivity contribution in [2.75, 3.05) is 12.4 Å². The van der Waals surface area contributed by atoms with Gasteiger partial charge < -0.3 is 15.7 Å². The summed E-state index contributed by atoms with van der Waals surface area (Å²) in [7, 11) is 1.72. The third-order valence-electron chi connectivity index (χ3n) is 4.34. The lowest BCUT2D eigenvalue weighted by molar-refractivity contribution is -0.117. The van der Waals surface area contributed by atoms with E-state index in [0.717, 1.165) is 18.4 Å². The topological polar surface area (TPSA) is 87.1 Å². The van der Waals surface area contributed by atoms with E-state index in [1.165, 1.54) is 6.07 Å². The third-order valence-corrected chi connectivity index (χ3v) is 4.34. The van der Waals surface area contributed by atoms with Gasteiger partial charge in [-0.1, -0.05) is 5.92 Å². The number of phenolic OH excluding ortho intramolecular Hbond substituents is 1. The highest BCUT2D eigenvalue weighted by atomic mass is 16.3. The number of anilines is 1.